The molecule has 1 N–H and O–H groups in total. The van der Waals surface area contributed by atoms with E-state index in [1.54, 1.807) is 0 Å². The van der Waals surface area contributed by atoms with Crippen LogP contribution in [0.5, 0.6) is 0 Å². The molecule has 9 nitrogen and oxygen atoms in total. The average Bonchev–Trinajstić information content (AvgIpc) is 3.17. The average molecular weight is 801 g/mol. The number of carbonyl (C=O) groups excluding carboxylic acids is 2. The maximum atomic E-state index is 12.7. The third-order valence-corrected chi connectivity index (χ3v) is 8.95. The van der Waals surface area contributed by atoms with Crippen molar-refractivity contribution in [2.45, 2.75) is 167 Å². The highest BCUT2D eigenvalue weighted by Crippen LogP contribution is 2.12. The van der Waals surface area contributed by atoms with Gasteiger partial charge in [0, 0.05) is 12.8 Å². The van der Waals surface area contributed by atoms with Crippen molar-refractivity contribution in [3.05, 3.63) is 72.9 Å². The Morgan fingerprint density at radius 2 is 1.00 bits per heavy atom. The van der Waals surface area contributed by atoms with Crippen LogP contribution in [0.25, 0.3) is 0 Å². The fourth-order valence-electron chi connectivity index (χ4n) is 5.50. The van der Waals surface area contributed by atoms with Gasteiger partial charge in [0.1, 0.15) is 13.2 Å². The van der Waals surface area contributed by atoms with Crippen molar-refractivity contribution in [2.24, 2.45) is 0 Å². The monoisotopic (exact) mass is 801 g/mol. The molecule has 0 aromatic heterocycles. The van der Waals surface area contributed by atoms with Crippen LogP contribution in [0.2, 0.25) is 0 Å². The molecule has 0 aliphatic carbocycles. The number of hydrogen-bond acceptors (Lipinski definition) is 7. The largest absolute Gasteiger partial charge is 0.477 e. The number of nitrogens with zero attached hydrogens (tertiary/aromatic N) is 1. The van der Waals surface area contributed by atoms with E-state index >= 15 is 0 Å². The van der Waals surface area contributed by atoms with Crippen LogP contribution in [0, 0.1) is 0 Å². The Kier molecular flexibility index (Phi) is 37.3. The van der Waals surface area contributed by atoms with Crippen molar-refractivity contribution in [1.82, 2.24) is 0 Å². The summed E-state index contributed by atoms with van der Waals surface area (Å²) in [6.45, 7) is 4.66. The van der Waals surface area contributed by atoms with Crippen LogP contribution in [0.1, 0.15) is 155 Å². The van der Waals surface area contributed by atoms with E-state index in [0.717, 1.165) is 89.9 Å². The minimum Gasteiger partial charge on any atom is -0.477 e. The zero-order valence-electron chi connectivity index (χ0n) is 36.7. The molecule has 0 fully saturated rings. The van der Waals surface area contributed by atoms with Gasteiger partial charge < -0.3 is 28.5 Å². The quantitative estimate of drug-likeness (QED) is 0.0215. The van der Waals surface area contributed by atoms with Gasteiger partial charge in [-0.05, 0) is 83.5 Å². The topological polar surface area (TPSA) is 108 Å². The first-order valence-corrected chi connectivity index (χ1v) is 22.1. The standard InChI is InChI=1S/C48H81NO8/c1-6-8-10-12-14-16-18-20-21-22-23-24-25-27-29-31-33-35-37-39-46(51)57-44(43-56-48(47(52)53)54-41-40-49(3,4)5)42-55-45(50)38-36-34-32-30-28-26-19-17-15-13-11-9-7-2/h8,10,14,16-17,19-21,23-24,27,29,44,48H,6-7,9,11-13,15,18,22,25-26,28,30-43H2,1-5H3/p+1/b10-8-,16-14-,19-17-,21-20-,24-23-,29-27-. The maximum absolute atomic E-state index is 12.7. The predicted octanol–water partition coefficient (Wildman–Crippen LogP) is 11.6. The van der Waals surface area contributed by atoms with Gasteiger partial charge in [0.25, 0.3) is 6.29 Å². The number of quaternary nitrogens is 1. The number of carbonyl (C=O) groups is 3. The van der Waals surface area contributed by atoms with Crippen LogP contribution >= 0.6 is 0 Å². The smallest absolute Gasteiger partial charge is 0.361 e. The summed E-state index contributed by atoms with van der Waals surface area (Å²) in [5.41, 5.74) is 0. The normalized spacial score (nSPS) is 13.6. The summed E-state index contributed by atoms with van der Waals surface area (Å²) < 4.78 is 22.7. The van der Waals surface area contributed by atoms with E-state index < -0.39 is 24.3 Å². The number of likely N-dealkylation sites (N-methyl/N-ethyl adjacent to an activating group) is 1. The summed E-state index contributed by atoms with van der Waals surface area (Å²) in [5, 5.41) is 9.63. The number of ether oxygens (including phenoxy) is 4. The third kappa shape index (κ3) is 40.7. The summed E-state index contributed by atoms with van der Waals surface area (Å²) in [7, 11) is 5.93. The van der Waals surface area contributed by atoms with Crippen LogP contribution in [0.15, 0.2) is 72.9 Å². The van der Waals surface area contributed by atoms with E-state index in [9.17, 15) is 19.5 Å². The molecule has 9 heteroatoms. The number of carboxylic acid groups (broad SMARTS) is 1. The summed E-state index contributed by atoms with van der Waals surface area (Å²) in [4.78, 5) is 37.1. The van der Waals surface area contributed by atoms with Crippen molar-refractivity contribution in [1.29, 1.82) is 0 Å². The lowest BCUT2D eigenvalue weighted by molar-refractivity contribution is -0.870. The minimum atomic E-state index is -1.52. The van der Waals surface area contributed by atoms with Gasteiger partial charge in [-0.2, -0.15) is 0 Å². The molecule has 0 saturated heterocycles. The molecule has 0 bridgehead atoms. The Balaban J connectivity index is 4.55. The second-order valence-corrected chi connectivity index (χ2v) is 15.6. The molecule has 0 radical (unpaired) electrons. The number of rotatable bonds is 39. The van der Waals surface area contributed by atoms with Crippen LogP contribution in [0.3, 0.4) is 0 Å². The molecule has 0 saturated carbocycles. The number of hydrogen-bond donors (Lipinski definition) is 1. The molecule has 0 amide bonds. The molecule has 0 aromatic rings. The fraction of sp³-hybridized carbons (Fsp3) is 0.688. The van der Waals surface area contributed by atoms with Gasteiger partial charge in [0.2, 0.25) is 0 Å². The van der Waals surface area contributed by atoms with Gasteiger partial charge in [-0.1, -0.05) is 132 Å². The molecule has 2 unspecified atom stereocenters. The molecule has 0 aliphatic rings. The second kappa shape index (κ2) is 39.6. The van der Waals surface area contributed by atoms with Gasteiger partial charge in [0.15, 0.2) is 6.10 Å². The minimum absolute atomic E-state index is 0.176. The first-order valence-electron chi connectivity index (χ1n) is 22.1. The maximum Gasteiger partial charge on any atom is 0.361 e. The van der Waals surface area contributed by atoms with Crippen LogP contribution in [-0.4, -0.2) is 87.4 Å². The van der Waals surface area contributed by atoms with E-state index in [-0.39, 0.29) is 38.6 Å². The lowest BCUT2D eigenvalue weighted by Crippen LogP contribution is -2.40. The van der Waals surface area contributed by atoms with Crippen molar-refractivity contribution < 1.29 is 42.9 Å². The zero-order chi connectivity index (χ0) is 42.1. The fourth-order valence-corrected chi connectivity index (χ4v) is 5.50. The van der Waals surface area contributed by atoms with Gasteiger partial charge in [-0.25, -0.2) is 4.79 Å². The molecule has 57 heavy (non-hydrogen) atoms. The van der Waals surface area contributed by atoms with E-state index in [0.29, 0.717) is 17.4 Å². The molecule has 0 aliphatic heterocycles. The number of esters is 2. The second-order valence-electron chi connectivity index (χ2n) is 15.6. The summed E-state index contributed by atoms with van der Waals surface area (Å²) >= 11 is 0. The Bertz CT molecular complexity index is 1160. The van der Waals surface area contributed by atoms with Crippen LogP contribution in [-0.2, 0) is 33.3 Å². The third-order valence-electron chi connectivity index (χ3n) is 8.95. The highest BCUT2D eigenvalue weighted by molar-refractivity contribution is 5.71. The van der Waals surface area contributed by atoms with E-state index in [1.165, 1.54) is 32.1 Å². The summed E-state index contributed by atoms with van der Waals surface area (Å²) in [6.07, 6.45) is 45.3. The lowest BCUT2D eigenvalue weighted by atomic mass is 10.1. The van der Waals surface area contributed by atoms with Gasteiger partial charge in [-0.15, -0.1) is 0 Å². The number of aliphatic carboxylic acids is 1. The molecule has 0 aromatic carbocycles. The van der Waals surface area contributed by atoms with Crippen molar-refractivity contribution in [3.63, 3.8) is 0 Å². The molecular formula is C48H82NO8+. The Morgan fingerprint density at radius 3 is 1.53 bits per heavy atom. The Hall–Kier alpha value is -3.27. The first-order chi connectivity index (χ1) is 27.6. The van der Waals surface area contributed by atoms with E-state index in [1.807, 2.05) is 21.1 Å². The number of allylic oxidation sites excluding steroid dienone is 12. The lowest BCUT2D eigenvalue weighted by Gasteiger charge is -2.25. The highest BCUT2D eigenvalue weighted by atomic mass is 16.7. The van der Waals surface area contributed by atoms with Crippen molar-refractivity contribution in [3.8, 4) is 0 Å². The van der Waals surface area contributed by atoms with E-state index in [4.69, 9.17) is 18.9 Å². The number of unbranched alkanes of at least 4 members (excludes halogenated alkanes) is 12. The zero-order valence-corrected chi connectivity index (χ0v) is 36.7. The van der Waals surface area contributed by atoms with Crippen LogP contribution in [0.4, 0.5) is 0 Å². The number of carboxylic acids is 1. The summed E-state index contributed by atoms with van der Waals surface area (Å²) in [5.74, 6) is -2.07. The highest BCUT2D eigenvalue weighted by Gasteiger charge is 2.25. The molecule has 0 spiro atoms. The summed E-state index contributed by atoms with van der Waals surface area (Å²) in [6, 6.07) is 0. The Morgan fingerprint density at radius 1 is 0.544 bits per heavy atom. The predicted molar refractivity (Wildman–Crippen MR) is 235 cm³/mol. The van der Waals surface area contributed by atoms with Crippen LogP contribution < -0.4 is 0 Å². The van der Waals surface area contributed by atoms with Crippen molar-refractivity contribution >= 4 is 17.9 Å². The van der Waals surface area contributed by atoms with Gasteiger partial charge in [0.05, 0.1) is 34.4 Å². The van der Waals surface area contributed by atoms with Gasteiger partial charge >= 0.3 is 17.9 Å². The van der Waals surface area contributed by atoms with Gasteiger partial charge in [-0.3, -0.25) is 9.59 Å². The SMILES string of the molecule is CC/C=C\C/C=C\C/C=C\C/C=C\C/C=C\CCCCCC(=O)OC(COC(=O)CCCCCCC/C=C\CCCCCC)COC(OCC[N+](C)(C)C)C(=O)O. The first kappa shape index (κ1) is 53.7. The molecular weight excluding hydrogens is 719 g/mol. The van der Waals surface area contributed by atoms with Crippen molar-refractivity contribution in [2.75, 3.05) is 47.5 Å². The Labute approximate surface area is 347 Å². The molecule has 0 rings (SSSR count). The van der Waals surface area contributed by atoms with E-state index in [2.05, 4.69) is 86.8 Å². The molecule has 0 heterocycles. The molecule has 2 atom stereocenters. The molecule has 326 valence electrons.